The summed E-state index contributed by atoms with van der Waals surface area (Å²) in [4.78, 5) is 0. The van der Waals surface area contributed by atoms with Crippen LogP contribution < -0.4 is 10.4 Å². The largest absolute Gasteiger partial charge is 0.402 e. The van der Waals surface area contributed by atoms with Gasteiger partial charge in [-0.25, -0.2) is 0 Å². The van der Waals surface area contributed by atoms with Crippen LogP contribution in [0, 0.1) is 13.5 Å². The first-order valence-corrected chi connectivity index (χ1v) is 11.4. The molecule has 0 aromatic heterocycles. The Kier molecular flexibility index (Phi) is 5.98. The van der Waals surface area contributed by atoms with E-state index in [1.807, 2.05) is 18.7 Å². The zero-order valence-electron chi connectivity index (χ0n) is 16.5. The highest BCUT2D eigenvalue weighted by atomic mass is 28.4. The van der Waals surface area contributed by atoms with Gasteiger partial charge in [0.15, 0.2) is 0 Å². The van der Waals surface area contributed by atoms with Gasteiger partial charge in [0.2, 0.25) is 0 Å². The summed E-state index contributed by atoms with van der Waals surface area (Å²) in [7, 11) is -2.48. The Morgan fingerprint density at radius 2 is 1.26 bits per heavy atom. The summed E-state index contributed by atoms with van der Waals surface area (Å²) in [5.74, 6) is 0. The van der Waals surface area contributed by atoms with E-state index in [0.717, 1.165) is 12.0 Å². The summed E-state index contributed by atoms with van der Waals surface area (Å²) in [6.45, 7) is 12.9. The predicted octanol–water partition coefficient (Wildman–Crippen LogP) is 5.15. The third kappa shape index (κ3) is 4.23. The fourth-order valence-corrected chi connectivity index (χ4v) is 7.98. The van der Waals surface area contributed by atoms with E-state index < -0.39 is 8.32 Å². The zero-order valence-corrected chi connectivity index (χ0v) is 17.5. The topological polar surface area (TPSA) is 9.23 Å². The van der Waals surface area contributed by atoms with E-state index in [9.17, 15) is 0 Å². The zero-order chi connectivity index (χ0) is 19.3. The Morgan fingerprint density at radius 1 is 0.778 bits per heavy atom. The molecule has 3 rings (SSSR count). The van der Waals surface area contributed by atoms with Crippen molar-refractivity contribution in [1.29, 1.82) is 0 Å². The van der Waals surface area contributed by atoms with E-state index in [4.69, 9.17) is 4.43 Å². The fourth-order valence-electron chi connectivity index (χ4n) is 3.63. The van der Waals surface area contributed by atoms with Crippen LogP contribution in [0.2, 0.25) is 5.04 Å². The van der Waals surface area contributed by atoms with Crippen LogP contribution in [0.1, 0.15) is 31.9 Å². The van der Waals surface area contributed by atoms with Gasteiger partial charge in [-0.3, -0.25) is 0 Å². The van der Waals surface area contributed by atoms with Crippen LogP contribution in [0.3, 0.4) is 0 Å². The third-order valence-corrected chi connectivity index (χ3v) is 9.94. The molecular weight excluding hydrogens is 344 g/mol. The lowest BCUT2D eigenvalue weighted by Gasteiger charge is -2.42. The highest BCUT2D eigenvalue weighted by Crippen LogP contribution is 2.37. The molecule has 0 aliphatic carbocycles. The van der Waals surface area contributed by atoms with Gasteiger partial charge in [-0.2, -0.15) is 0 Å². The molecule has 0 unspecified atom stereocenters. The Balaban J connectivity index is 1.97. The molecular formula is C25H28OSi. The van der Waals surface area contributed by atoms with E-state index in [1.54, 1.807) is 0 Å². The third-order valence-electron chi connectivity index (χ3n) is 5.02. The van der Waals surface area contributed by atoms with Crippen LogP contribution in [0.5, 0.6) is 0 Å². The first kappa shape index (κ1) is 19.6. The standard InChI is InChI=1S/C25H28OSi/c1-21-15-17-22(18-16-21)19-20-26-27(25(2,3)4,23-11-7-5-8-12-23)24-13-9-6-10-14-24/h5-18,20H,1,19H2,2-4H3. The molecule has 3 aromatic carbocycles. The Morgan fingerprint density at radius 3 is 1.70 bits per heavy atom. The maximum Gasteiger partial charge on any atom is 0.261 e. The molecule has 0 fully saturated rings. The summed E-state index contributed by atoms with van der Waals surface area (Å²) >= 11 is 0. The van der Waals surface area contributed by atoms with E-state index in [1.165, 1.54) is 15.9 Å². The van der Waals surface area contributed by atoms with Crippen LogP contribution in [0.25, 0.3) is 0 Å². The van der Waals surface area contributed by atoms with Gasteiger partial charge < -0.3 is 4.43 Å². The minimum absolute atomic E-state index is 0.0105. The number of benzene rings is 3. The average Bonchev–Trinajstić information content (AvgIpc) is 2.67. The molecule has 2 radical (unpaired) electrons. The first-order valence-electron chi connectivity index (χ1n) is 9.45. The summed E-state index contributed by atoms with van der Waals surface area (Å²) in [6, 6.07) is 29.8. The van der Waals surface area contributed by atoms with Crippen LogP contribution in [0.4, 0.5) is 0 Å². The summed E-state index contributed by atoms with van der Waals surface area (Å²) in [5.41, 5.74) is 2.27. The van der Waals surface area contributed by atoms with Crippen LogP contribution in [0.15, 0.2) is 84.9 Å². The molecule has 0 aliphatic rings. The van der Waals surface area contributed by atoms with Gasteiger partial charge >= 0.3 is 0 Å². The molecule has 138 valence electrons. The van der Waals surface area contributed by atoms with Crippen molar-refractivity contribution in [2.45, 2.75) is 32.2 Å². The van der Waals surface area contributed by atoms with Crippen molar-refractivity contribution in [2.75, 3.05) is 0 Å². The number of hydrogen-bond donors (Lipinski definition) is 0. The van der Waals surface area contributed by atoms with E-state index in [2.05, 4.69) is 100 Å². The molecule has 27 heavy (non-hydrogen) atoms. The van der Waals surface area contributed by atoms with Gasteiger partial charge in [0.05, 0.1) is 6.61 Å². The predicted molar refractivity (Wildman–Crippen MR) is 118 cm³/mol. The van der Waals surface area contributed by atoms with Crippen molar-refractivity contribution >= 4 is 18.7 Å². The normalized spacial score (nSPS) is 12.1. The van der Waals surface area contributed by atoms with Crippen LogP contribution in [-0.4, -0.2) is 8.32 Å². The quantitative estimate of drug-likeness (QED) is 0.544. The van der Waals surface area contributed by atoms with E-state index in [0.29, 0.717) is 0 Å². The Hall–Kier alpha value is -2.16. The molecule has 0 bridgehead atoms. The van der Waals surface area contributed by atoms with Gasteiger partial charge in [-0.1, -0.05) is 106 Å². The lowest BCUT2D eigenvalue weighted by Crippen LogP contribution is -2.66. The summed E-state index contributed by atoms with van der Waals surface area (Å²) < 4.78 is 6.80. The van der Waals surface area contributed by atoms with Gasteiger partial charge in [0.1, 0.15) is 0 Å². The first-order chi connectivity index (χ1) is 12.9. The van der Waals surface area contributed by atoms with Gasteiger partial charge in [0, 0.05) is 0 Å². The molecule has 0 saturated carbocycles. The second-order valence-electron chi connectivity index (χ2n) is 7.97. The van der Waals surface area contributed by atoms with E-state index in [-0.39, 0.29) is 5.04 Å². The molecule has 0 spiro atoms. The molecule has 0 N–H and O–H groups in total. The summed E-state index contributed by atoms with van der Waals surface area (Å²) in [5, 5.41) is 2.59. The lowest BCUT2D eigenvalue weighted by molar-refractivity contribution is 0.375. The van der Waals surface area contributed by atoms with Gasteiger partial charge in [-0.05, 0) is 39.9 Å². The maximum absolute atomic E-state index is 6.80. The SMILES string of the molecule is [CH2]c1ccc(C[CH]O[Si](c2ccccc2)(c2ccccc2)C(C)(C)C)cc1. The van der Waals surface area contributed by atoms with Crippen LogP contribution >= 0.6 is 0 Å². The molecule has 3 aromatic rings. The highest BCUT2D eigenvalue weighted by molar-refractivity contribution is 6.99. The van der Waals surface area contributed by atoms with Crippen molar-refractivity contribution in [1.82, 2.24) is 0 Å². The molecule has 0 heterocycles. The molecule has 0 atom stereocenters. The lowest BCUT2D eigenvalue weighted by atomic mass is 10.1. The smallest absolute Gasteiger partial charge is 0.261 e. The van der Waals surface area contributed by atoms with Crippen LogP contribution in [-0.2, 0) is 10.8 Å². The van der Waals surface area contributed by atoms with Crippen molar-refractivity contribution < 1.29 is 4.43 Å². The molecule has 0 aliphatic heterocycles. The highest BCUT2D eigenvalue weighted by Gasteiger charge is 2.50. The molecule has 1 nitrogen and oxygen atoms in total. The van der Waals surface area contributed by atoms with Crippen molar-refractivity contribution in [3.8, 4) is 0 Å². The molecule has 0 amide bonds. The van der Waals surface area contributed by atoms with Crippen molar-refractivity contribution in [3.63, 3.8) is 0 Å². The number of rotatable bonds is 6. The maximum atomic E-state index is 6.80. The van der Waals surface area contributed by atoms with Gasteiger partial charge in [-0.15, -0.1) is 0 Å². The Bertz CT molecular complexity index is 794. The average molecular weight is 373 g/mol. The molecule has 0 saturated heterocycles. The minimum atomic E-state index is -2.48. The van der Waals surface area contributed by atoms with E-state index >= 15 is 0 Å². The second-order valence-corrected chi connectivity index (χ2v) is 12.2. The monoisotopic (exact) mass is 372 g/mol. The second kappa shape index (κ2) is 8.24. The fraction of sp³-hybridized carbons (Fsp3) is 0.200. The van der Waals surface area contributed by atoms with Gasteiger partial charge in [0.25, 0.3) is 8.32 Å². The minimum Gasteiger partial charge on any atom is -0.402 e. The molecule has 2 heteroatoms. The van der Waals surface area contributed by atoms with Crippen molar-refractivity contribution in [3.05, 3.63) is 110 Å². The Labute approximate surface area is 165 Å². The summed E-state index contributed by atoms with van der Waals surface area (Å²) in [6.07, 6.45) is 0.783. The van der Waals surface area contributed by atoms with Crippen molar-refractivity contribution in [2.24, 2.45) is 0 Å². The number of hydrogen-bond acceptors (Lipinski definition) is 1.